The summed E-state index contributed by atoms with van der Waals surface area (Å²) in [6.07, 6.45) is 1.08. The van der Waals surface area contributed by atoms with Crippen LogP contribution in [0.15, 0.2) is 12.1 Å². The molecule has 182 valence electrons. The second kappa shape index (κ2) is 7.96. The van der Waals surface area contributed by atoms with Gasteiger partial charge in [-0.15, -0.1) is 0 Å². The van der Waals surface area contributed by atoms with Crippen LogP contribution in [0.1, 0.15) is 41.6 Å². The molecule has 2 fully saturated rings. The molecule has 0 bridgehead atoms. The van der Waals surface area contributed by atoms with Crippen molar-refractivity contribution < 1.29 is 47.4 Å². The lowest BCUT2D eigenvalue weighted by molar-refractivity contribution is -0.133. The molecule has 13 heteroatoms. The van der Waals surface area contributed by atoms with Crippen molar-refractivity contribution in [3.63, 3.8) is 0 Å². The van der Waals surface area contributed by atoms with E-state index in [1.165, 1.54) is 11.0 Å². The molecule has 12 nitrogen and oxygen atoms in total. The minimum absolute atomic E-state index is 0.0181. The number of aliphatic hydroxyl groups excluding tert-OH is 1. The number of hydrogen-bond acceptors (Lipinski definition) is 10. The fourth-order valence-electron chi connectivity index (χ4n) is 5.00. The number of benzene rings is 1. The van der Waals surface area contributed by atoms with E-state index in [9.17, 15) is 24.4 Å². The van der Waals surface area contributed by atoms with Gasteiger partial charge in [-0.1, -0.05) is 6.42 Å². The number of nitrogens with one attached hydrogen (secondary N) is 1. The largest absolute Gasteiger partial charge is 0.504 e. The van der Waals surface area contributed by atoms with E-state index in [-0.39, 0.29) is 42.2 Å². The van der Waals surface area contributed by atoms with Crippen LogP contribution in [0.5, 0.6) is 17.2 Å². The van der Waals surface area contributed by atoms with Gasteiger partial charge >= 0.3 is 7.82 Å². The van der Waals surface area contributed by atoms with Crippen LogP contribution in [0.3, 0.4) is 0 Å². The van der Waals surface area contributed by atoms with Gasteiger partial charge < -0.3 is 29.9 Å². The van der Waals surface area contributed by atoms with E-state index in [4.69, 9.17) is 23.0 Å². The van der Waals surface area contributed by atoms with Crippen LogP contribution in [0.2, 0.25) is 0 Å². The molecular weight excluding hydrogens is 471 g/mol. The van der Waals surface area contributed by atoms with Crippen LogP contribution in [-0.2, 0) is 22.9 Å². The van der Waals surface area contributed by atoms with Gasteiger partial charge in [-0.05, 0) is 30.6 Å². The molecule has 1 aromatic carbocycles. The van der Waals surface area contributed by atoms with Gasteiger partial charge in [0.1, 0.15) is 25.0 Å². The number of nitrogens with zero attached hydrogens (tertiary/aromatic N) is 1. The molecule has 4 heterocycles. The summed E-state index contributed by atoms with van der Waals surface area (Å²) in [5.74, 6) is -0.715. The third-order valence-electron chi connectivity index (χ3n) is 6.68. The molecule has 1 unspecified atom stereocenters. The van der Waals surface area contributed by atoms with Gasteiger partial charge in [0.15, 0.2) is 11.5 Å². The lowest BCUT2D eigenvalue weighted by Gasteiger charge is -2.38. The average molecular weight is 494 g/mol. The Labute approximate surface area is 194 Å². The molecule has 1 aliphatic carbocycles. The summed E-state index contributed by atoms with van der Waals surface area (Å²) >= 11 is 0. The number of fused-ring (bicyclic) bond motifs is 6. The van der Waals surface area contributed by atoms with Gasteiger partial charge in [0, 0.05) is 18.5 Å². The molecule has 0 saturated carbocycles. The highest BCUT2D eigenvalue weighted by atomic mass is 31.2. The molecule has 6 rings (SSSR count). The minimum atomic E-state index is -4.14. The second-order valence-electron chi connectivity index (χ2n) is 8.76. The monoisotopic (exact) mass is 494 g/mol. The third kappa shape index (κ3) is 3.40. The Balaban J connectivity index is 1.27. The topological polar surface area (TPSA) is 153 Å². The molecule has 5 atom stereocenters. The van der Waals surface area contributed by atoms with Gasteiger partial charge in [0.05, 0.1) is 11.6 Å². The number of phenols is 1. The van der Waals surface area contributed by atoms with E-state index >= 15 is 0 Å². The highest BCUT2D eigenvalue weighted by Crippen LogP contribution is 2.61. The van der Waals surface area contributed by atoms with Crippen molar-refractivity contribution in [2.24, 2.45) is 0 Å². The van der Waals surface area contributed by atoms with Crippen molar-refractivity contribution >= 4 is 25.2 Å². The van der Waals surface area contributed by atoms with Crippen LogP contribution < -0.4 is 14.8 Å². The number of aliphatic hydroxyl groups is 1. The highest BCUT2D eigenvalue weighted by molar-refractivity contribution is 7.48. The Hall–Kier alpha value is -2.63. The first-order chi connectivity index (χ1) is 16.3. The summed E-state index contributed by atoms with van der Waals surface area (Å²) in [6, 6.07) is 0.728. The molecule has 3 N–H and O–H groups in total. The van der Waals surface area contributed by atoms with Crippen LogP contribution in [-0.4, -0.2) is 71.3 Å². The van der Waals surface area contributed by atoms with Gasteiger partial charge in [-0.3, -0.25) is 23.2 Å². The number of ether oxygens (including phenoxy) is 2. The molecular formula is C21H23N2O10P. The maximum Gasteiger partial charge on any atom is 0.477 e. The van der Waals surface area contributed by atoms with Crippen LogP contribution in [0.4, 0.5) is 0 Å². The molecule has 2 amide bonds. The summed E-state index contributed by atoms with van der Waals surface area (Å²) in [7, 11) is -4.14. The van der Waals surface area contributed by atoms with Crippen molar-refractivity contribution in [1.29, 1.82) is 0 Å². The van der Waals surface area contributed by atoms with E-state index in [1.807, 2.05) is 0 Å². The predicted molar refractivity (Wildman–Crippen MR) is 113 cm³/mol. The fourth-order valence-corrected chi connectivity index (χ4v) is 6.53. The lowest BCUT2D eigenvalue weighted by Crippen LogP contribution is -2.55. The molecule has 0 aromatic heterocycles. The molecule has 4 aliphatic heterocycles. The number of amides is 2. The zero-order chi connectivity index (χ0) is 23.6. The Kier molecular flexibility index (Phi) is 5.12. The van der Waals surface area contributed by atoms with E-state index in [0.29, 0.717) is 24.1 Å². The van der Waals surface area contributed by atoms with Crippen molar-refractivity contribution in [2.75, 3.05) is 20.1 Å². The van der Waals surface area contributed by atoms with E-state index in [1.54, 1.807) is 6.07 Å². The molecule has 1 aromatic rings. The number of carbonyl (C=O) groups excluding carboxylic acids is 2. The Morgan fingerprint density at radius 1 is 1.18 bits per heavy atom. The maximum absolute atomic E-state index is 13.2. The summed E-state index contributed by atoms with van der Waals surface area (Å²) < 4.78 is 40.5. The minimum Gasteiger partial charge on any atom is -0.504 e. The Morgan fingerprint density at radius 2 is 2.00 bits per heavy atom. The van der Waals surface area contributed by atoms with Gasteiger partial charge in [0.2, 0.25) is 18.4 Å². The zero-order valence-electron chi connectivity index (χ0n) is 18.0. The number of likely N-dealkylation sites (tertiary alicyclic amines) is 1. The van der Waals surface area contributed by atoms with Crippen molar-refractivity contribution in [3.05, 3.63) is 23.3 Å². The number of phosphoric ester groups is 1. The highest BCUT2D eigenvalue weighted by Gasteiger charge is 2.57. The standard InChI is InChI=1S/C21H23N2O10P/c24-12-6-11-10-7-13-19(30-9-29-13)17(26)15(10)21(27)22-16(11)20-18(12)32-34(28,33-20)31-8-23-5-3-1-2-4-14(23)25/h6-7,12,16,18,20,24,26H,1-5,8-9H2,(H,22,27)/t12-,16+,18+,20-,34?/m0/s1. The van der Waals surface area contributed by atoms with Gasteiger partial charge in [-0.2, -0.15) is 0 Å². The maximum atomic E-state index is 13.2. The van der Waals surface area contributed by atoms with E-state index in [2.05, 4.69) is 5.32 Å². The summed E-state index contributed by atoms with van der Waals surface area (Å²) in [5, 5.41) is 24.1. The quantitative estimate of drug-likeness (QED) is 0.524. The first-order valence-corrected chi connectivity index (χ1v) is 12.6. The average Bonchev–Trinajstić information content (AvgIpc) is 3.36. The summed E-state index contributed by atoms with van der Waals surface area (Å²) in [5.41, 5.74) is 0.779. The number of aromatic hydroxyl groups is 1. The van der Waals surface area contributed by atoms with E-state index in [0.717, 1.165) is 19.3 Å². The number of phosphoric acid groups is 1. The smallest absolute Gasteiger partial charge is 0.477 e. The zero-order valence-corrected chi connectivity index (χ0v) is 18.9. The van der Waals surface area contributed by atoms with Crippen LogP contribution in [0, 0.1) is 0 Å². The lowest BCUT2D eigenvalue weighted by atomic mass is 9.79. The number of hydrogen-bond donors (Lipinski definition) is 3. The van der Waals surface area contributed by atoms with Crippen molar-refractivity contribution in [3.8, 4) is 17.2 Å². The van der Waals surface area contributed by atoms with Gasteiger partial charge in [0.25, 0.3) is 5.91 Å². The van der Waals surface area contributed by atoms with Crippen molar-refractivity contribution in [2.45, 2.75) is 50.0 Å². The van der Waals surface area contributed by atoms with Gasteiger partial charge in [-0.25, -0.2) is 4.57 Å². The Morgan fingerprint density at radius 3 is 2.85 bits per heavy atom. The molecule has 34 heavy (non-hydrogen) atoms. The summed E-state index contributed by atoms with van der Waals surface area (Å²) in [6.45, 7) is 0.123. The number of carbonyl (C=O) groups is 2. The fraction of sp³-hybridized carbons (Fsp3) is 0.524. The first kappa shape index (κ1) is 21.9. The predicted octanol–water partition coefficient (Wildman–Crippen LogP) is 1.26. The molecule has 0 spiro atoms. The SMILES string of the molecule is O=C1N[C@@H]2C(=C[C@H](O)[C@H]3OP(=O)(OCN4CCCCCC4=O)O[C@H]32)c2cc3c(c(O)c21)OCO3. The third-order valence-corrected chi connectivity index (χ3v) is 8.12. The van der Waals surface area contributed by atoms with Crippen molar-refractivity contribution in [1.82, 2.24) is 10.2 Å². The first-order valence-electron chi connectivity index (χ1n) is 11.1. The number of phenolic OH excluding ortho intramolecular Hbond substituents is 1. The second-order valence-corrected chi connectivity index (χ2v) is 10.3. The number of rotatable bonds is 3. The van der Waals surface area contributed by atoms with E-state index < -0.39 is 38.1 Å². The van der Waals surface area contributed by atoms with Crippen LogP contribution in [0.25, 0.3) is 5.57 Å². The molecule has 2 saturated heterocycles. The normalized spacial score (nSPS) is 34.0. The molecule has 5 aliphatic rings. The summed E-state index contributed by atoms with van der Waals surface area (Å²) in [4.78, 5) is 26.6. The molecule has 0 radical (unpaired) electrons. The van der Waals surface area contributed by atoms with Crippen LogP contribution >= 0.6 is 7.82 Å². The Bertz CT molecular complexity index is 1150.